The van der Waals surface area contributed by atoms with Gasteiger partial charge in [0.1, 0.15) is 18.2 Å². The molecule has 2 aromatic carbocycles. The van der Waals surface area contributed by atoms with Gasteiger partial charge < -0.3 is 15.3 Å². The third-order valence-corrected chi connectivity index (χ3v) is 4.11. The van der Waals surface area contributed by atoms with Crippen LogP contribution in [-0.4, -0.2) is 19.0 Å². The summed E-state index contributed by atoms with van der Waals surface area (Å²) in [7, 11) is 0. The number of hydrogen-bond donors (Lipinski definition) is 1. The summed E-state index contributed by atoms with van der Waals surface area (Å²) in [6.45, 7) is 0.861. The lowest BCUT2D eigenvalue weighted by molar-refractivity contribution is 0.105. The van der Waals surface area contributed by atoms with E-state index < -0.39 is 0 Å². The van der Waals surface area contributed by atoms with Crippen molar-refractivity contribution in [2.45, 2.75) is 25.7 Å². The minimum Gasteiger partial charge on any atom is -0.490 e. The summed E-state index contributed by atoms with van der Waals surface area (Å²) < 4.78 is 5.69. The molecule has 0 atom stereocenters. The topological polar surface area (TPSA) is 56.8 Å². The molecule has 0 heterocycles. The van der Waals surface area contributed by atoms with E-state index in [1.807, 2.05) is 24.3 Å². The zero-order valence-electron chi connectivity index (χ0n) is 12.7. The highest BCUT2D eigenvalue weighted by molar-refractivity contribution is 5.83. The fourth-order valence-corrected chi connectivity index (χ4v) is 2.87. The van der Waals surface area contributed by atoms with Crippen LogP contribution in [0.5, 0.6) is 5.75 Å². The van der Waals surface area contributed by atoms with Crippen LogP contribution in [0.25, 0.3) is 10.8 Å². The monoisotopic (exact) mass is 298 g/mol. The highest BCUT2D eigenvalue weighted by atomic mass is 16.6. The van der Waals surface area contributed by atoms with Gasteiger partial charge in [-0.25, -0.2) is 0 Å². The zero-order chi connectivity index (χ0) is 15.2. The third kappa shape index (κ3) is 3.70. The normalized spacial score (nSPS) is 16.1. The lowest BCUT2D eigenvalue weighted by Crippen LogP contribution is -2.22. The maximum Gasteiger partial charge on any atom is 0.151 e. The van der Waals surface area contributed by atoms with Gasteiger partial charge >= 0.3 is 0 Å². The second kappa shape index (κ2) is 7.16. The fraction of sp³-hybridized carbons (Fsp3) is 0.389. The van der Waals surface area contributed by atoms with Gasteiger partial charge in [0.25, 0.3) is 0 Å². The van der Waals surface area contributed by atoms with Crippen LogP contribution in [0.2, 0.25) is 0 Å². The molecule has 1 aliphatic carbocycles. The number of nitrogens with zero attached hydrogens (tertiary/aromatic N) is 1. The lowest BCUT2D eigenvalue weighted by Gasteiger charge is -2.09. The van der Waals surface area contributed by atoms with Gasteiger partial charge in [-0.2, -0.15) is 0 Å². The molecule has 116 valence electrons. The Morgan fingerprint density at radius 2 is 1.82 bits per heavy atom. The molecule has 0 saturated heterocycles. The molecule has 2 N–H and O–H groups in total. The minimum atomic E-state index is 0.403. The SMILES string of the molecule is NC(=NOCCOc1ccc2ccccc2c1)C1CCCC1. The molecule has 0 aromatic heterocycles. The summed E-state index contributed by atoms with van der Waals surface area (Å²) in [5, 5.41) is 6.38. The van der Waals surface area contributed by atoms with Crippen molar-refractivity contribution in [3.05, 3.63) is 42.5 Å². The first-order valence-corrected chi connectivity index (χ1v) is 7.90. The van der Waals surface area contributed by atoms with E-state index in [2.05, 4.69) is 23.4 Å². The Morgan fingerprint density at radius 3 is 2.64 bits per heavy atom. The van der Waals surface area contributed by atoms with Gasteiger partial charge in [0.05, 0.1) is 0 Å². The standard InChI is InChI=1S/C18H22N2O2/c19-18(15-6-2-3-7-15)20-22-12-11-21-17-10-9-14-5-1-4-8-16(14)13-17/h1,4-5,8-10,13,15H,2-3,6-7,11-12H2,(H2,19,20). The molecule has 4 nitrogen and oxygen atoms in total. The predicted octanol–water partition coefficient (Wildman–Crippen LogP) is 3.70. The first kappa shape index (κ1) is 14.7. The average molecular weight is 298 g/mol. The molecule has 0 bridgehead atoms. The Hall–Kier alpha value is -2.23. The molecule has 0 radical (unpaired) electrons. The summed E-state index contributed by atoms with van der Waals surface area (Å²) in [5.41, 5.74) is 5.92. The number of fused-ring (bicyclic) bond motifs is 1. The maximum atomic E-state index is 5.92. The number of hydrogen-bond acceptors (Lipinski definition) is 3. The van der Waals surface area contributed by atoms with E-state index >= 15 is 0 Å². The van der Waals surface area contributed by atoms with Crippen molar-refractivity contribution < 1.29 is 9.57 Å². The van der Waals surface area contributed by atoms with E-state index in [1.165, 1.54) is 23.6 Å². The number of ether oxygens (including phenoxy) is 1. The molecule has 0 unspecified atom stereocenters. The summed E-state index contributed by atoms with van der Waals surface area (Å²) in [4.78, 5) is 5.26. The van der Waals surface area contributed by atoms with Gasteiger partial charge in [0.15, 0.2) is 6.61 Å². The highest BCUT2D eigenvalue weighted by Gasteiger charge is 2.18. The third-order valence-electron chi connectivity index (χ3n) is 4.11. The first-order valence-electron chi connectivity index (χ1n) is 7.90. The van der Waals surface area contributed by atoms with Gasteiger partial charge in [-0.05, 0) is 35.7 Å². The fourth-order valence-electron chi connectivity index (χ4n) is 2.87. The molecule has 0 aliphatic heterocycles. The molecule has 2 aromatic rings. The molecule has 1 aliphatic rings. The van der Waals surface area contributed by atoms with E-state index in [0.29, 0.717) is 25.0 Å². The second-order valence-corrected chi connectivity index (χ2v) is 5.69. The largest absolute Gasteiger partial charge is 0.490 e. The molecular weight excluding hydrogens is 276 g/mol. The van der Waals surface area contributed by atoms with Gasteiger partial charge in [-0.1, -0.05) is 48.3 Å². The van der Waals surface area contributed by atoms with Crippen LogP contribution in [0.15, 0.2) is 47.6 Å². The second-order valence-electron chi connectivity index (χ2n) is 5.69. The van der Waals surface area contributed by atoms with Crippen molar-refractivity contribution in [1.82, 2.24) is 0 Å². The number of benzene rings is 2. The number of amidine groups is 1. The Bertz CT molecular complexity index is 648. The molecule has 4 heteroatoms. The molecular formula is C18H22N2O2. The Morgan fingerprint density at radius 1 is 1.05 bits per heavy atom. The average Bonchev–Trinajstić information content (AvgIpc) is 3.09. The highest BCUT2D eigenvalue weighted by Crippen LogP contribution is 2.24. The maximum absolute atomic E-state index is 5.92. The molecule has 0 spiro atoms. The van der Waals surface area contributed by atoms with E-state index in [1.54, 1.807) is 0 Å². The van der Waals surface area contributed by atoms with Crippen LogP contribution >= 0.6 is 0 Å². The van der Waals surface area contributed by atoms with E-state index in [4.69, 9.17) is 15.3 Å². The predicted molar refractivity (Wildman–Crippen MR) is 89.0 cm³/mol. The van der Waals surface area contributed by atoms with Gasteiger partial charge in [-0.15, -0.1) is 0 Å². The van der Waals surface area contributed by atoms with Crippen molar-refractivity contribution in [1.29, 1.82) is 0 Å². The molecule has 1 saturated carbocycles. The number of rotatable bonds is 6. The summed E-state index contributed by atoms with van der Waals surface area (Å²) in [5.74, 6) is 1.87. The van der Waals surface area contributed by atoms with Crippen molar-refractivity contribution in [3.63, 3.8) is 0 Å². The molecule has 1 fully saturated rings. The van der Waals surface area contributed by atoms with Crippen LogP contribution in [0.4, 0.5) is 0 Å². The summed E-state index contributed by atoms with van der Waals surface area (Å²) >= 11 is 0. The van der Waals surface area contributed by atoms with Crippen LogP contribution in [0.1, 0.15) is 25.7 Å². The number of oxime groups is 1. The van der Waals surface area contributed by atoms with E-state index in [0.717, 1.165) is 18.6 Å². The van der Waals surface area contributed by atoms with Crippen molar-refractivity contribution in [3.8, 4) is 5.75 Å². The van der Waals surface area contributed by atoms with Gasteiger partial charge in [0.2, 0.25) is 0 Å². The van der Waals surface area contributed by atoms with Crippen LogP contribution in [0, 0.1) is 5.92 Å². The quantitative estimate of drug-likeness (QED) is 0.383. The minimum absolute atomic E-state index is 0.403. The first-order chi connectivity index (χ1) is 10.8. The van der Waals surface area contributed by atoms with Crippen LogP contribution < -0.4 is 10.5 Å². The van der Waals surface area contributed by atoms with Gasteiger partial charge in [-0.3, -0.25) is 0 Å². The summed E-state index contributed by atoms with van der Waals surface area (Å²) in [6.07, 6.45) is 4.75. The zero-order valence-corrected chi connectivity index (χ0v) is 12.7. The van der Waals surface area contributed by atoms with E-state index in [9.17, 15) is 0 Å². The summed E-state index contributed by atoms with van der Waals surface area (Å²) in [6, 6.07) is 14.3. The van der Waals surface area contributed by atoms with Crippen LogP contribution in [-0.2, 0) is 4.84 Å². The van der Waals surface area contributed by atoms with Crippen molar-refractivity contribution in [2.24, 2.45) is 16.8 Å². The van der Waals surface area contributed by atoms with Gasteiger partial charge in [0, 0.05) is 5.92 Å². The Labute approximate surface area is 130 Å². The molecule has 3 rings (SSSR count). The number of nitrogens with two attached hydrogens (primary N) is 1. The van der Waals surface area contributed by atoms with Crippen LogP contribution in [0.3, 0.4) is 0 Å². The molecule has 0 amide bonds. The Balaban J connectivity index is 1.45. The van der Waals surface area contributed by atoms with Crippen molar-refractivity contribution >= 4 is 16.6 Å². The molecule has 22 heavy (non-hydrogen) atoms. The smallest absolute Gasteiger partial charge is 0.151 e. The van der Waals surface area contributed by atoms with Crippen molar-refractivity contribution in [2.75, 3.05) is 13.2 Å². The van der Waals surface area contributed by atoms with E-state index in [-0.39, 0.29) is 0 Å². The lowest BCUT2D eigenvalue weighted by atomic mass is 10.1. The Kier molecular flexibility index (Phi) is 4.78.